The highest BCUT2D eigenvalue weighted by Crippen LogP contribution is 2.30. The second-order valence-corrected chi connectivity index (χ2v) is 12.1. The maximum absolute atomic E-state index is 13.0. The number of rotatable bonds is 9. The zero-order valence-electron chi connectivity index (χ0n) is 17.6. The molecular weight excluding hydrogens is 522 g/mol. The number of hydrogen-bond donors (Lipinski definition) is 0. The Bertz CT molecular complexity index is 1160. The van der Waals surface area contributed by atoms with Crippen molar-refractivity contribution < 1.29 is 30.6 Å². The number of nitrogens with zero attached hydrogens (tertiary/aromatic N) is 1. The van der Waals surface area contributed by atoms with Gasteiger partial charge in [0.1, 0.15) is 6.61 Å². The number of hydrogen-bond acceptors (Lipinski definition) is 7. The lowest BCUT2D eigenvalue weighted by molar-refractivity contribution is 0.169. The molecule has 2 atom stereocenters. The van der Waals surface area contributed by atoms with Crippen LogP contribution in [0.5, 0.6) is 0 Å². The molecule has 32 heavy (non-hydrogen) atoms. The molecule has 174 valence electrons. The van der Waals surface area contributed by atoms with Gasteiger partial charge in [0.2, 0.25) is 0 Å². The van der Waals surface area contributed by atoms with Crippen molar-refractivity contribution in [2.24, 2.45) is 0 Å². The maximum Gasteiger partial charge on any atom is 0.424 e. The molecule has 0 aromatic heterocycles. The van der Waals surface area contributed by atoms with Gasteiger partial charge in [-0.25, -0.2) is 13.2 Å². The largest absolute Gasteiger partial charge is 0.446 e. The minimum atomic E-state index is -4.09. The highest BCUT2D eigenvalue weighted by Gasteiger charge is 2.45. The molecule has 11 heteroatoms. The van der Waals surface area contributed by atoms with Crippen molar-refractivity contribution in [2.45, 2.75) is 47.3 Å². The van der Waals surface area contributed by atoms with E-state index in [2.05, 4.69) is 15.9 Å². The molecule has 1 amide bonds. The molecule has 0 N–H and O–H groups in total. The standard InChI is InChI=1S/C21H24BrNO7S2/c1-15-5-9-17(10-6-15)31(25,26)23-20(14-29-21(23)24)19(22)4-3-13-30-32(27,28)18-11-7-16(2)8-12-18/h5-12,19-20H,3-4,13-14H2,1-2H3. The highest BCUT2D eigenvalue weighted by molar-refractivity contribution is 9.09. The summed E-state index contributed by atoms with van der Waals surface area (Å²) < 4.78 is 61.4. The van der Waals surface area contributed by atoms with Crippen molar-refractivity contribution in [1.82, 2.24) is 4.31 Å². The SMILES string of the molecule is Cc1ccc(S(=O)(=O)OCCCC(Br)C2COC(=O)N2S(=O)(=O)c2ccc(C)cc2)cc1. The van der Waals surface area contributed by atoms with E-state index in [0.717, 1.165) is 15.4 Å². The van der Waals surface area contributed by atoms with Crippen LogP contribution in [0.15, 0.2) is 58.3 Å². The Morgan fingerprint density at radius 1 is 1.00 bits per heavy atom. The Labute approximate surface area is 196 Å². The smallest absolute Gasteiger partial charge is 0.424 e. The molecule has 2 unspecified atom stereocenters. The first-order chi connectivity index (χ1) is 15.0. The minimum Gasteiger partial charge on any atom is -0.446 e. The quantitative estimate of drug-likeness (QED) is 0.268. The summed E-state index contributed by atoms with van der Waals surface area (Å²) in [6, 6.07) is 11.8. The molecule has 1 aliphatic rings. The Morgan fingerprint density at radius 2 is 1.53 bits per heavy atom. The second kappa shape index (κ2) is 9.90. The molecule has 0 aliphatic carbocycles. The van der Waals surface area contributed by atoms with Crippen LogP contribution in [0.1, 0.15) is 24.0 Å². The highest BCUT2D eigenvalue weighted by atomic mass is 79.9. The summed E-state index contributed by atoms with van der Waals surface area (Å²) in [6.45, 7) is 3.51. The van der Waals surface area contributed by atoms with Gasteiger partial charge in [-0.2, -0.15) is 12.7 Å². The van der Waals surface area contributed by atoms with Gasteiger partial charge in [0.15, 0.2) is 0 Å². The van der Waals surface area contributed by atoms with Crippen LogP contribution in [0.25, 0.3) is 0 Å². The van der Waals surface area contributed by atoms with E-state index in [9.17, 15) is 21.6 Å². The Balaban J connectivity index is 1.61. The predicted octanol–water partition coefficient (Wildman–Crippen LogP) is 3.76. The summed E-state index contributed by atoms with van der Waals surface area (Å²) in [7, 11) is -7.97. The zero-order chi connectivity index (χ0) is 23.5. The van der Waals surface area contributed by atoms with Crippen molar-refractivity contribution in [1.29, 1.82) is 0 Å². The third-order valence-corrected chi connectivity index (χ3v) is 9.23. The molecule has 0 saturated carbocycles. The van der Waals surface area contributed by atoms with Gasteiger partial charge in [0.05, 0.1) is 22.4 Å². The van der Waals surface area contributed by atoms with Crippen LogP contribution in [0, 0.1) is 13.8 Å². The fourth-order valence-corrected chi connectivity index (χ4v) is 6.52. The average Bonchev–Trinajstić information content (AvgIpc) is 3.14. The van der Waals surface area contributed by atoms with Gasteiger partial charge >= 0.3 is 6.09 Å². The summed E-state index contributed by atoms with van der Waals surface area (Å²) in [5.74, 6) is 0. The van der Waals surface area contributed by atoms with E-state index in [0.29, 0.717) is 12.8 Å². The van der Waals surface area contributed by atoms with Gasteiger partial charge in [0.25, 0.3) is 20.1 Å². The van der Waals surface area contributed by atoms with Crippen molar-refractivity contribution in [3.05, 3.63) is 59.7 Å². The number of cyclic esters (lactones) is 1. The average molecular weight is 546 g/mol. The number of alkyl halides is 1. The third kappa shape index (κ3) is 5.51. The van der Waals surface area contributed by atoms with Crippen LogP contribution in [0.3, 0.4) is 0 Å². The number of aryl methyl sites for hydroxylation is 2. The first-order valence-corrected chi connectivity index (χ1v) is 13.7. The molecular formula is C21H24BrNO7S2. The Hall–Kier alpha value is -1.95. The predicted molar refractivity (Wildman–Crippen MR) is 122 cm³/mol. The number of benzene rings is 2. The normalized spacial score (nSPS) is 17.9. The molecule has 0 spiro atoms. The molecule has 1 aliphatic heterocycles. The molecule has 1 fully saturated rings. The lowest BCUT2D eigenvalue weighted by Crippen LogP contribution is -2.43. The number of carbonyl (C=O) groups is 1. The second-order valence-electron chi connectivity index (χ2n) is 7.51. The number of sulfonamides is 1. The molecule has 1 saturated heterocycles. The summed E-state index contributed by atoms with van der Waals surface area (Å²) in [6.07, 6.45) is -0.243. The third-order valence-electron chi connectivity index (χ3n) is 5.03. The number of amides is 1. The van der Waals surface area contributed by atoms with E-state index in [1.165, 1.54) is 24.3 Å². The molecule has 1 heterocycles. The lowest BCUT2D eigenvalue weighted by atomic mass is 10.1. The van der Waals surface area contributed by atoms with E-state index < -0.39 is 37.1 Å². The maximum atomic E-state index is 13.0. The number of ether oxygens (including phenoxy) is 1. The van der Waals surface area contributed by atoms with Crippen LogP contribution in [0.2, 0.25) is 0 Å². The van der Waals surface area contributed by atoms with Crippen LogP contribution in [0.4, 0.5) is 4.79 Å². The fraction of sp³-hybridized carbons (Fsp3) is 0.381. The summed E-state index contributed by atoms with van der Waals surface area (Å²) in [5, 5.41) is 0. The Kier molecular flexibility index (Phi) is 7.64. The van der Waals surface area contributed by atoms with Crippen LogP contribution in [-0.4, -0.2) is 51.3 Å². The molecule has 2 aromatic carbocycles. The number of halogens is 1. The zero-order valence-corrected chi connectivity index (χ0v) is 20.8. The van der Waals surface area contributed by atoms with Gasteiger partial charge in [0, 0.05) is 4.83 Å². The first-order valence-electron chi connectivity index (χ1n) is 9.90. The van der Waals surface area contributed by atoms with E-state index in [-0.39, 0.29) is 23.0 Å². The van der Waals surface area contributed by atoms with Crippen molar-refractivity contribution in [3.63, 3.8) is 0 Å². The van der Waals surface area contributed by atoms with Crippen molar-refractivity contribution in [3.8, 4) is 0 Å². The van der Waals surface area contributed by atoms with Crippen molar-refractivity contribution in [2.75, 3.05) is 13.2 Å². The van der Waals surface area contributed by atoms with Gasteiger partial charge in [-0.15, -0.1) is 0 Å². The van der Waals surface area contributed by atoms with E-state index in [4.69, 9.17) is 8.92 Å². The topological polar surface area (TPSA) is 107 Å². The molecule has 3 rings (SSSR count). The van der Waals surface area contributed by atoms with Crippen molar-refractivity contribution >= 4 is 42.2 Å². The van der Waals surface area contributed by atoms with Crippen LogP contribution in [-0.2, 0) is 29.1 Å². The van der Waals surface area contributed by atoms with Gasteiger partial charge in [-0.1, -0.05) is 51.3 Å². The summed E-state index contributed by atoms with van der Waals surface area (Å²) in [5.41, 5.74) is 1.83. The van der Waals surface area contributed by atoms with E-state index >= 15 is 0 Å². The summed E-state index contributed by atoms with van der Waals surface area (Å²) >= 11 is 3.44. The molecule has 0 bridgehead atoms. The first kappa shape index (κ1) is 24.7. The molecule has 2 aromatic rings. The molecule has 0 radical (unpaired) electrons. The fourth-order valence-electron chi connectivity index (χ4n) is 3.19. The minimum absolute atomic E-state index is 0.000764. The van der Waals surface area contributed by atoms with Gasteiger partial charge < -0.3 is 4.74 Å². The van der Waals surface area contributed by atoms with Crippen LogP contribution < -0.4 is 0 Å². The van der Waals surface area contributed by atoms with E-state index in [1.807, 2.05) is 13.8 Å². The van der Waals surface area contributed by atoms with Gasteiger partial charge in [-0.05, 0) is 51.0 Å². The number of carbonyl (C=O) groups excluding carboxylic acids is 1. The summed E-state index contributed by atoms with van der Waals surface area (Å²) in [4.78, 5) is 11.8. The van der Waals surface area contributed by atoms with E-state index in [1.54, 1.807) is 24.3 Å². The Morgan fingerprint density at radius 3 is 2.09 bits per heavy atom. The van der Waals surface area contributed by atoms with Gasteiger partial charge in [-0.3, -0.25) is 4.18 Å². The molecule has 8 nitrogen and oxygen atoms in total. The monoisotopic (exact) mass is 545 g/mol. The van der Waals surface area contributed by atoms with Crippen LogP contribution >= 0.6 is 15.9 Å². The lowest BCUT2D eigenvalue weighted by Gasteiger charge is -2.25.